The zero-order valence-electron chi connectivity index (χ0n) is 12.2. The summed E-state index contributed by atoms with van der Waals surface area (Å²) < 4.78 is 1.02. The minimum atomic E-state index is -0.333. The van der Waals surface area contributed by atoms with E-state index < -0.39 is 0 Å². The van der Waals surface area contributed by atoms with Gasteiger partial charge in [-0.3, -0.25) is 9.59 Å². The fourth-order valence-corrected chi connectivity index (χ4v) is 4.81. The summed E-state index contributed by atoms with van der Waals surface area (Å²) in [4.78, 5) is 30.3. The number of carbonyl (C=O) groups excluding carboxylic acids is 2. The summed E-state index contributed by atoms with van der Waals surface area (Å²) in [5.74, 6) is 0.368. The van der Waals surface area contributed by atoms with Crippen molar-refractivity contribution in [2.24, 2.45) is 5.92 Å². The third kappa shape index (κ3) is 2.52. The molecule has 0 saturated carbocycles. The molecule has 0 bridgehead atoms. The van der Waals surface area contributed by atoms with Crippen molar-refractivity contribution in [1.29, 1.82) is 0 Å². The van der Waals surface area contributed by atoms with E-state index in [0.717, 1.165) is 28.7 Å². The van der Waals surface area contributed by atoms with Crippen molar-refractivity contribution in [3.63, 3.8) is 0 Å². The van der Waals surface area contributed by atoms with E-state index in [1.807, 2.05) is 25.3 Å². The summed E-state index contributed by atoms with van der Waals surface area (Å²) in [6.45, 7) is 5.29. The van der Waals surface area contributed by atoms with Crippen LogP contribution in [0.25, 0.3) is 0 Å². The first kappa shape index (κ1) is 15.0. The normalized spacial score (nSPS) is 25.9. The second-order valence-electron chi connectivity index (χ2n) is 6.04. The number of hydrogen-bond acceptors (Lipinski definition) is 3. The van der Waals surface area contributed by atoms with E-state index >= 15 is 0 Å². The number of hydrogen-bond donors (Lipinski definition) is 0. The van der Waals surface area contributed by atoms with Crippen LogP contribution in [-0.2, 0) is 16.1 Å². The van der Waals surface area contributed by atoms with Gasteiger partial charge in [0.25, 0.3) is 0 Å². The van der Waals surface area contributed by atoms with Gasteiger partial charge in [0.2, 0.25) is 11.8 Å². The van der Waals surface area contributed by atoms with Crippen molar-refractivity contribution in [3.8, 4) is 0 Å². The number of halogens is 1. The zero-order chi connectivity index (χ0) is 15.1. The fraction of sp³-hybridized carbons (Fsp3) is 0.600. The zero-order valence-corrected chi connectivity index (χ0v) is 14.6. The molecule has 0 N–H and O–H groups in total. The van der Waals surface area contributed by atoms with Gasteiger partial charge in [-0.1, -0.05) is 13.8 Å². The number of rotatable bonds is 3. The van der Waals surface area contributed by atoms with Gasteiger partial charge in [0.05, 0.1) is 6.54 Å². The summed E-state index contributed by atoms with van der Waals surface area (Å²) in [7, 11) is 0. The van der Waals surface area contributed by atoms with Crippen LogP contribution in [0.1, 0.15) is 31.6 Å². The van der Waals surface area contributed by atoms with Crippen molar-refractivity contribution >= 4 is 39.1 Å². The summed E-state index contributed by atoms with van der Waals surface area (Å²) in [6, 6.07) is 1.43. The van der Waals surface area contributed by atoms with E-state index in [-0.39, 0.29) is 29.8 Å². The molecule has 21 heavy (non-hydrogen) atoms. The molecule has 2 aliphatic rings. The highest BCUT2D eigenvalue weighted by Gasteiger charge is 2.48. The molecular formula is C15H19BrN2O2S. The van der Waals surface area contributed by atoms with Crippen LogP contribution in [0.5, 0.6) is 0 Å². The summed E-state index contributed by atoms with van der Waals surface area (Å²) in [5.41, 5.74) is 0. The smallest absolute Gasteiger partial charge is 0.246 e. The van der Waals surface area contributed by atoms with Crippen LogP contribution in [0.4, 0.5) is 0 Å². The van der Waals surface area contributed by atoms with Crippen LogP contribution in [0.2, 0.25) is 0 Å². The Kier molecular flexibility index (Phi) is 4.10. The van der Waals surface area contributed by atoms with E-state index in [0.29, 0.717) is 6.54 Å². The molecule has 0 aromatic carbocycles. The van der Waals surface area contributed by atoms with E-state index in [9.17, 15) is 9.59 Å². The third-order valence-corrected chi connectivity index (χ3v) is 6.24. The fourth-order valence-electron chi connectivity index (χ4n) is 3.33. The maximum absolute atomic E-state index is 12.8. The summed E-state index contributed by atoms with van der Waals surface area (Å²) in [5, 5.41) is 2.00. The van der Waals surface area contributed by atoms with Crippen molar-refractivity contribution in [2.45, 2.75) is 45.3 Å². The van der Waals surface area contributed by atoms with Gasteiger partial charge in [-0.2, -0.15) is 0 Å². The molecule has 1 aromatic rings. The van der Waals surface area contributed by atoms with Gasteiger partial charge < -0.3 is 9.80 Å². The second kappa shape index (κ2) is 5.72. The Morgan fingerprint density at radius 1 is 1.38 bits per heavy atom. The third-order valence-electron chi connectivity index (χ3n) is 4.33. The van der Waals surface area contributed by atoms with Gasteiger partial charge in [-0.25, -0.2) is 0 Å². The molecule has 2 saturated heterocycles. The first-order valence-electron chi connectivity index (χ1n) is 7.33. The topological polar surface area (TPSA) is 40.6 Å². The van der Waals surface area contributed by atoms with Crippen molar-refractivity contribution in [3.05, 3.63) is 20.8 Å². The molecule has 4 nitrogen and oxygen atoms in total. The van der Waals surface area contributed by atoms with Crippen LogP contribution < -0.4 is 0 Å². The predicted octanol–water partition coefficient (Wildman–Crippen LogP) is 2.87. The molecule has 0 aliphatic carbocycles. The van der Waals surface area contributed by atoms with Gasteiger partial charge in [0.15, 0.2) is 0 Å². The van der Waals surface area contributed by atoms with Gasteiger partial charge in [-0.15, -0.1) is 11.3 Å². The van der Waals surface area contributed by atoms with Gasteiger partial charge in [0.1, 0.15) is 12.1 Å². The maximum Gasteiger partial charge on any atom is 0.246 e. The van der Waals surface area contributed by atoms with E-state index in [2.05, 4.69) is 15.9 Å². The Hall–Kier alpha value is -0.880. The van der Waals surface area contributed by atoms with Crippen LogP contribution >= 0.6 is 27.3 Å². The highest BCUT2D eigenvalue weighted by molar-refractivity contribution is 9.10. The molecule has 2 fully saturated rings. The lowest BCUT2D eigenvalue weighted by atomic mass is 9.96. The highest BCUT2D eigenvalue weighted by Crippen LogP contribution is 2.33. The van der Waals surface area contributed by atoms with Crippen LogP contribution in [0, 0.1) is 5.92 Å². The van der Waals surface area contributed by atoms with Gasteiger partial charge >= 0.3 is 0 Å². The molecular weight excluding hydrogens is 352 g/mol. The quantitative estimate of drug-likeness (QED) is 0.820. The number of nitrogens with zero attached hydrogens (tertiary/aromatic N) is 2. The minimum Gasteiger partial charge on any atom is -0.329 e. The second-order valence-corrected chi connectivity index (χ2v) is 7.89. The van der Waals surface area contributed by atoms with Crippen molar-refractivity contribution < 1.29 is 9.59 Å². The molecule has 114 valence electrons. The molecule has 2 amide bonds. The Morgan fingerprint density at radius 3 is 2.76 bits per heavy atom. The lowest BCUT2D eigenvalue weighted by Gasteiger charge is -2.43. The summed E-state index contributed by atoms with van der Waals surface area (Å²) >= 11 is 5.14. The van der Waals surface area contributed by atoms with Crippen molar-refractivity contribution in [1.82, 2.24) is 9.80 Å². The largest absolute Gasteiger partial charge is 0.329 e. The van der Waals surface area contributed by atoms with E-state index in [1.165, 1.54) is 0 Å². The first-order valence-corrected chi connectivity index (χ1v) is 9.00. The molecule has 2 atom stereocenters. The number of thiophene rings is 1. The average molecular weight is 371 g/mol. The lowest BCUT2D eigenvalue weighted by Crippen LogP contribution is -2.63. The van der Waals surface area contributed by atoms with Crippen LogP contribution in [-0.4, -0.2) is 40.2 Å². The van der Waals surface area contributed by atoms with Crippen LogP contribution in [0.15, 0.2) is 15.9 Å². The Labute approximate surface area is 137 Å². The predicted molar refractivity (Wildman–Crippen MR) is 85.9 cm³/mol. The molecule has 0 radical (unpaired) electrons. The lowest BCUT2D eigenvalue weighted by molar-refractivity contribution is -0.162. The van der Waals surface area contributed by atoms with Crippen molar-refractivity contribution in [2.75, 3.05) is 6.54 Å². The molecule has 2 aliphatic heterocycles. The summed E-state index contributed by atoms with van der Waals surface area (Å²) in [6.07, 6.45) is 1.74. The number of piperazine rings is 1. The average Bonchev–Trinajstić information content (AvgIpc) is 3.05. The van der Waals surface area contributed by atoms with Gasteiger partial charge in [-0.05, 0) is 46.1 Å². The molecule has 3 rings (SSSR count). The SMILES string of the molecule is CC(C)C1C(=O)N2CCCC2C(=O)N1Cc1sccc1Br. The monoisotopic (exact) mass is 370 g/mol. The molecule has 0 spiro atoms. The number of amides is 2. The Balaban J connectivity index is 1.92. The molecule has 1 aromatic heterocycles. The Bertz CT molecular complexity index is 572. The Morgan fingerprint density at radius 2 is 2.14 bits per heavy atom. The van der Waals surface area contributed by atoms with E-state index in [4.69, 9.17) is 0 Å². The molecule has 6 heteroatoms. The van der Waals surface area contributed by atoms with Crippen LogP contribution in [0.3, 0.4) is 0 Å². The number of carbonyl (C=O) groups is 2. The first-order chi connectivity index (χ1) is 10.0. The minimum absolute atomic E-state index is 0.117. The van der Waals surface area contributed by atoms with Gasteiger partial charge in [0, 0.05) is 15.9 Å². The highest BCUT2D eigenvalue weighted by atomic mass is 79.9. The molecule has 3 heterocycles. The van der Waals surface area contributed by atoms with E-state index in [1.54, 1.807) is 21.1 Å². The number of fused-ring (bicyclic) bond motifs is 1. The molecule has 2 unspecified atom stereocenters. The standard InChI is InChI=1S/C15H19BrN2O2S/c1-9(2)13-15(20)17-6-3-4-11(17)14(19)18(13)8-12-10(16)5-7-21-12/h5,7,9,11,13H,3-4,6,8H2,1-2H3. The maximum atomic E-state index is 12.8.